The zero-order chi connectivity index (χ0) is 17.5. The van der Waals surface area contributed by atoms with Gasteiger partial charge in [-0.3, -0.25) is 9.69 Å². The molecule has 0 aliphatic carbocycles. The van der Waals surface area contributed by atoms with E-state index in [1.54, 1.807) is 21.3 Å². The van der Waals surface area contributed by atoms with Crippen molar-refractivity contribution in [2.45, 2.75) is 26.3 Å². The summed E-state index contributed by atoms with van der Waals surface area (Å²) >= 11 is 0. The van der Waals surface area contributed by atoms with Gasteiger partial charge in [0.1, 0.15) is 5.75 Å². The predicted molar refractivity (Wildman–Crippen MR) is 90.7 cm³/mol. The maximum atomic E-state index is 12.0. The second-order valence-corrected chi connectivity index (χ2v) is 5.85. The highest BCUT2D eigenvalue weighted by Gasteiger charge is 2.27. The fourth-order valence-electron chi connectivity index (χ4n) is 3.11. The standard InChI is InChI=1S/C18H27NO5/c1-5-24-18(20)13-7-6-8-19(11-13)12-14-9-16(22-3)17(23-4)10-15(14)21-2/h9-10,13H,5-8,11-12H2,1-4H3/t13-/m0/s1. The van der Waals surface area contributed by atoms with Gasteiger partial charge in [-0.2, -0.15) is 0 Å². The second kappa shape index (κ2) is 8.78. The molecule has 1 heterocycles. The minimum atomic E-state index is -0.0959. The molecule has 2 rings (SSSR count). The SMILES string of the molecule is CCOC(=O)[C@H]1CCCN(Cc2cc(OC)c(OC)cc2OC)C1. The van der Waals surface area contributed by atoms with Crippen LogP contribution in [0, 0.1) is 5.92 Å². The first kappa shape index (κ1) is 18.4. The first-order chi connectivity index (χ1) is 11.6. The monoisotopic (exact) mass is 337 g/mol. The van der Waals surface area contributed by atoms with Crippen molar-refractivity contribution in [1.29, 1.82) is 0 Å². The molecule has 0 unspecified atom stereocenters. The van der Waals surface area contributed by atoms with Gasteiger partial charge in [0.15, 0.2) is 11.5 Å². The van der Waals surface area contributed by atoms with Crippen LogP contribution in [0.15, 0.2) is 12.1 Å². The molecule has 134 valence electrons. The molecular weight excluding hydrogens is 310 g/mol. The number of methoxy groups -OCH3 is 3. The number of hydrogen-bond donors (Lipinski definition) is 0. The second-order valence-electron chi connectivity index (χ2n) is 5.85. The molecular formula is C18H27NO5. The van der Waals surface area contributed by atoms with Crippen LogP contribution < -0.4 is 14.2 Å². The van der Waals surface area contributed by atoms with Crippen molar-refractivity contribution in [3.8, 4) is 17.2 Å². The van der Waals surface area contributed by atoms with Crippen LogP contribution in [-0.2, 0) is 16.1 Å². The fourth-order valence-corrected chi connectivity index (χ4v) is 3.11. The third-order valence-corrected chi connectivity index (χ3v) is 4.31. The largest absolute Gasteiger partial charge is 0.496 e. The third kappa shape index (κ3) is 4.32. The van der Waals surface area contributed by atoms with E-state index in [0.717, 1.165) is 30.7 Å². The summed E-state index contributed by atoms with van der Waals surface area (Å²) < 4.78 is 21.4. The van der Waals surface area contributed by atoms with Gasteiger partial charge in [0.2, 0.25) is 0 Å². The third-order valence-electron chi connectivity index (χ3n) is 4.31. The first-order valence-corrected chi connectivity index (χ1v) is 8.30. The quantitative estimate of drug-likeness (QED) is 0.713. The van der Waals surface area contributed by atoms with Gasteiger partial charge in [-0.25, -0.2) is 0 Å². The van der Waals surface area contributed by atoms with E-state index in [9.17, 15) is 4.79 Å². The van der Waals surface area contributed by atoms with E-state index >= 15 is 0 Å². The average Bonchev–Trinajstić information content (AvgIpc) is 2.61. The van der Waals surface area contributed by atoms with Crippen LogP contribution in [0.4, 0.5) is 0 Å². The zero-order valence-corrected chi connectivity index (χ0v) is 15.0. The number of ether oxygens (including phenoxy) is 4. The number of nitrogens with zero attached hydrogens (tertiary/aromatic N) is 1. The highest BCUT2D eigenvalue weighted by Crippen LogP contribution is 2.35. The molecule has 6 heteroatoms. The highest BCUT2D eigenvalue weighted by atomic mass is 16.5. The Labute approximate surface area is 143 Å². The van der Waals surface area contributed by atoms with Crippen molar-refractivity contribution in [3.05, 3.63) is 17.7 Å². The van der Waals surface area contributed by atoms with E-state index in [1.807, 2.05) is 19.1 Å². The van der Waals surface area contributed by atoms with E-state index in [2.05, 4.69) is 4.90 Å². The lowest BCUT2D eigenvalue weighted by Gasteiger charge is -2.32. The summed E-state index contributed by atoms with van der Waals surface area (Å²) in [5.74, 6) is 1.92. The highest BCUT2D eigenvalue weighted by molar-refractivity contribution is 5.72. The van der Waals surface area contributed by atoms with Gasteiger partial charge in [0.25, 0.3) is 0 Å². The fraction of sp³-hybridized carbons (Fsp3) is 0.611. The van der Waals surface area contributed by atoms with Crippen LogP contribution in [-0.4, -0.2) is 51.9 Å². The Morgan fingerprint density at radius 1 is 1.12 bits per heavy atom. The average molecular weight is 337 g/mol. The molecule has 1 aliphatic heterocycles. The molecule has 0 spiro atoms. The summed E-state index contributed by atoms with van der Waals surface area (Å²) in [5.41, 5.74) is 1.01. The Morgan fingerprint density at radius 2 is 1.79 bits per heavy atom. The first-order valence-electron chi connectivity index (χ1n) is 8.30. The maximum Gasteiger partial charge on any atom is 0.310 e. The summed E-state index contributed by atoms with van der Waals surface area (Å²) in [6, 6.07) is 3.77. The summed E-state index contributed by atoms with van der Waals surface area (Å²) in [6.07, 6.45) is 1.87. The van der Waals surface area contributed by atoms with Crippen LogP contribution >= 0.6 is 0 Å². The van der Waals surface area contributed by atoms with Crippen molar-refractivity contribution in [1.82, 2.24) is 4.90 Å². The number of benzene rings is 1. The molecule has 1 aliphatic rings. The lowest BCUT2D eigenvalue weighted by atomic mass is 9.97. The minimum absolute atomic E-state index is 0.0511. The molecule has 0 amide bonds. The topological polar surface area (TPSA) is 57.2 Å². The maximum absolute atomic E-state index is 12.0. The molecule has 1 atom stereocenters. The van der Waals surface area contributed by atoms with Gasteiger partial charge >= 0.3 is 5.97 Å². The lowest BCUT2D eigenvalue weighted by molar-refractivity contribution is -0.150. The molecule has 24 heavy (non-hydrogen) atoms. The smallest absolute Gasteiger partial charge is 0.310 e. The molecule has 1 aromatic rings. The summed E-state index contributed by atoms with van der Waals surface area (Å²) in [7, 11) is 4.86. The predicted octanol–water partition coefficient (Wildman–Crippen LogP) is 2.49. The normalized spacial score (nSPS) is 18.1. The van der Waals surface area contributed by atoms with Crippen LogP contribution in [0.25, 0.3) is 0 Å². The molecule has 0 bridgehead atoms. The van der Waals surface area contributed by atoms with Gasteiger partial charge in [-0.05, 0) is 32.4 Å². The number of likely N-dealkylation sites (tertiary alicyclic amines) is 1. The molecule has 1 aromatic carbocycles. The summed E-state index contributed by atoms with van der Waals surface area (Å²) in [4.78, 5) is 14.3. The van der Waals surface area contributed by atoms with Crippen molar-refractivity contribution in [3.63, 3.8) is 0 Å². The summed E-state index contributed by atoms with van der Waals surface area (Å²) in [5, 5.41) is 0. The van der Waals surface area contributed by atoms with Crippen LogP contribution in [0.2, 0.25) is 0 Å². The molecule has 6 nitrogen and oxygen atoms in total. The number of piperidine rings is 1. The van der Waals surface area contributed by atoms with Gasteiger partial charge in [0.05, 0.1) is 33.9 Å². The van der Waals surface area contributed by atoms with Crippen LogP contribution in [0.5, 0.6) is 17.2 Å². The molecule has 0 saturated carbocycles. The number of hydrogen-bond acceptors (Lipinski definition) is 6. The van der Waals surface area contributed by atoms with E-state index in [1.165, 1.54) is 0 Å². The Kier molecular flexibility index (Phi) is 6.73. The van der Waals surface area contributed by atoms with Crippen LogP contribution in [0.3, 0.4) is 0 Å². The summed E-state index contributed by atoms with van der Waals surface area (Å²) in [6.45, 7) is 4.62. The Bertz CT molecular complexity index is 561. The van der Waals surface area contributed by atoms with E-state index < -0.39 is 0 Å². The van der Waals surface area contributed by atoms with Crippen molar-refractivity contribution < 1.29 is 23.7 Å². The van der Waals surface area contributed by atoms with Gasteiger partial charge in [-0.15, -0.1) is 0 Å². The van der Waals surface area contributed by atoms with E-state index in [-0.39, 0.29) is 11.9 Å². The molecule has 0 N–H and O–H groups in total. The zero-order valence-electron chi connectivity index (χ0n) is 15.0. The molecule has 0 radical (unpaired) electrons. The van der Waals surface area contributed by atoms with Crippen molar-refractivity contribution in [2.24, 2.45) is 5.92 Å². The van der Waals surface area contributed by atoms with Crippen molar-refractivity contribution >= 4 is 5.97 Å². The van der Waals surface area contributed by atoms with Gasteiger partial charge < -0.3 is 18.9 Å². The molecule has 1 fully saturated rings. The number of esters is 1. The van der Waals surface area contributed by atoms with Crippen molar-refractivity contribution in [2.75, 3.05) is 41.0 Å². The Balaban J connectivity index is 2.13. The van der Waals surface area contributed by atoms with Crippen LogP contribution in [0.1, 0.15) is 25.3 Å². The molecule has 0 aromatic heterocycles. The van der Waals surface area contributed by atoms with Gasteiger partial charge in [-0.1, -0.05) is 0 Å². The molecule has 1 saturated heterocycles. The number of rotatable bonds is 7. The minimum Gasteiger partial charge on any atom is -0.496 e. The van der Waals surface area contributed by atoms with Gasteiger partial charge in [0, 0.05) is 24.7 Å². The van der Waals surface area contributed by atoms with E-state index in [4.69, 9.17) is 18.9 Å². The van der Waals surface area contributed by atoms with E-state index in [0.29, 0.717) is 31.2 Å². The Hall–Kier alpha value is -1.95. The number of carbonyl (C=O) groups excluding carboxylic acids is 1. The lowest BCUT2D eigenvalue weighted by Crippen LogP contribution is -2.39. The Morgan fingerprint density at radius 3 is 2.42 bits per heavy atom. The number of carbonyl (C=O) groups is 1.